The lowest BCUT2D eigenvalue weighted by molar-refractivity contribution is 0.101. The SMILES string of the molecule is CC(=O)c1ccc(S(=O)(=O)N(C)Cc2ccccc2N2CCOCC2)cc1. The summed E-state index contributed by atoms with van der Waals surface area (Å²) in [5, 5.41) is 0. The Labute approximate surface area is 160 Å². The van der Waals surface area contributed by atoms with Gasteiger partial charge in [-0.15, -0.1) is 0 Å². The van der Waals surface area contributed by atoms with Gasteiger partial charge in [-0.3, -0.25) is 4.79 Å². The predicted molar refractivity (Wildman–Crippen MR) is 105 cm³/mol. The van der Waals surface area contributed by atoms with E-state index in [0.717, 1.165) is 24.3 Å². The van der Waals surface area contributed by atoms with Gasteiger partial charge in [-0.05, 0) is 30.7 Å². The molecule has 7 heteroatoms. The Kier molecular flexibility index (Phi) is 5.94. The molecule has 0 radical (unpaired) electrons. The topological polar surface area (TPSA) is 66.9 Å². The molecule has 0 saturated carbocycles. The van der Waals surface area contributed by atoms with E-state index < -0.39 is 10.0 Å². The van der Waals surface area contributed by atoms with Crippen molar-refractivity contribution in [3.8, 4) is 0 Å². The molecule has 0 bridgehead atoms. The van der Waals surface area contributed by atoms with Crippen LogP contribution >= 0.6 is 0 Å². The molecule has 27 heavy (non-hydrogen) atoms. The largest absolute Gasteiger partial charge is 0.378 e. The minimum atomic E-state index is -3.65. The third-order valence-corrected chi connectivity index (χ3v) is 6.52. The zero-order chi connectivity index (χ0) is 19.4. The summed E-state index contributed by atoms with van der Waals surface area (Å²) >= 11 is 0. The van der Waals surface area contributed by atoms with Crippen LogP contribution < -0.4 is 4.90 Å². The number of rotatable bonds is 6. The maximum atomic E-state index is 12.9. The fraction of sp³-hybridized carbons (Fsp3) is 0.350. The highest BCUT2D eigenvalue weighted by Gasteiger charge is 2.23. The second kappa shape index (κ2) is 8.21. The zero-order valence-electron chi connectivity index (χ0n) is 15.6. The Hall–Kier alpha value is -2.22. The second-order valence-corrected chi connectivity index (χ2v) is 8.61. The molecule has 2 aromatic rings. The van der Waals surface area contributed by atoms with Gasteiger partial charge >= 0.3 is 0 Å². The minimum Gasteiger partial charge on any atom is -0.378 e. The molecule has 2 aromatic carbocycles. The number of carbonyl (C=O) groups is 1. The van der Waals surface area contributed by atoms with Crippen molar-refractivity contribution in [2.45, 2.75) is 18.4 Å². The summed E-state index contributed by atoms with van der Waals surface area (Å²) in [6.07, 6.45) is 0. The van der Waals surface area contributed by atoms with Crippen LogP contribution in [-0.4, -0.2) is 51.9 Å². The molecule has 1 heterocycles. The normalized spacial score (nSPS) is 15.1. The van der Waals surface area contributed by atoms with Crippen molar-refractivity contribution < 1.29 is 17.9 Å². The highest BCUT2D eigenvalue weighted by molar-refractivity contribution is 7.89. The van der Waals surface area contributed by atoms with Gasteiger partial charge in [0, 0.05) is 37.9 Å². The molecule has 0 N–H and O–H groups in total. The molecule has 1 fully saturated rings. The summed E-state index contributed by atoms with van der Waals surface area (Å²) in [6.45, 7) is 4.65. The van der Waals surface area contributed by atoms with Crippen LogP contribution in [0, 0.1) is 0 Å². The molecule has 0 aliphatic carbocycles. The van der Waals surface area contributed by atoms with Crippen LogP contribution in [0.3, 0.4) is 0 Å². The first-order valence-electron chi connectivity index (χ1n) is 8.87. The van der Waals surface area contributed by atoms with Gasteiger partial charge in [0.25, 0.3) is 0 Å². The average molecular weight is 388 g/mol. The lowest BCUT2D eigenvalue weighted by Crippen LogP contribution is -2.37. The molecule has 1 saturated heterocycles. The average Bonchev–Trinajstić information content (AvgIpc) is 2.69. The molecule has 0 atom stereocenters. The van der Waals surface area contributed by atoms with Crippen molar-refractivity contribution in [1.29, 1.82) is 0 Å². The third-order valence-electron chi connectivity index (χ3n) is 4.71. The van der Waals surface area contributed by atoms with Crippen LogP contribution in [0.25, 0.3) is 0 Å². The van der Waals surface area contributed by atoms with Gasteiger partial charge in [-0.1, -0.05) is 30.3 Å². The predicted octanol–water partition coefficient (Wildman–Crippen LogP) is 2.55. The van der Waals surface area contributed by atoms with E-state index in [2.05, 4.69) is 4.90 Å². The first-order valence-corrected chi connectivity index (χ1v) is 10.3. The van der Waals surface area contributed by atoms with E-state index in [4.69, 9.17) is 4.74 Å². The van der Waals surface area contributed by atoms with Crippen molar-refractivity contribution in [3.63, 3.8) is 0 Å². The smallest absolute Gasteiger partial charge is 0.243 e. The number of para-hydroxylation sites is 1. The van der Waals surface area contributed by atoms with Crippen molar-refractivity contribution in [1.82, 2.24) is 4.31 Å². The first-order chi connectivity index (χ1) is 12.9. The maximum absolute atomic E-state index is 12.9. The van der Waals surface area contributed by atoms with Crippen LogP contribution in [0.4, 0.5) is 5.69 Å². The highest BCUT2D eigenvalue weighted by atomic mass is 32.2. The van der Waals surface area contributed by atoms with Crippen molar-refractivity contribution in [2.75, 3.05) is 38.3 Å². The minimum absolute atomic E-state index is 0.0910. The summed E-state index contributed by atoms with van der Waals surface area (Å²) in [6, 6.07) is 13.9. The van der Waals surface area contributed by atoms with Gasteiger partial charge in [0.05, 0.1) is 18.1 Å². The van der Waals surface area contributed by atoms with Gasteiger partial charge in [-0.2, -0.15) is 4.31 Å². The van der Waals surface area contributed by atoms with Gasteiger partial charge < -0.3 is 9.64 Å². The van der Waals surface area contributed by atoms with E-state index in [1.165, 1.54) is 23.4 Å². The number of nitrogens with zero attached hydrogens (tertiary/aromatic N) is 2. The van der Waals surface area contributed by atoms with Gasteiger partial charge in [0.1, 0.15) is 0 Å². The fourth-order valence-corrected chi connectivity index (χ4v) is 4.27. The molecular weight excluding hydrogens is 364 g/mol. The Morgan fingerprint density at radius 1 is 1.07 bits per heavy atom. The van der Waals surface area contributed by atoms with E-state index in [1.807, 2.05) is 24.3 Å². The third kappa shape index (κ3) is 4.37. The number of sulfonamides is 1. The number of ketones is 1. The molecule has 0 aromatic heterocycles. The molecule has 0 amide bonds. The Morgan fingerprint density at radius 3 is 2.33 bits per heavy atom. The Morgan fingerprint density at radius 2 is 1.70 bits per heavy atom. The zero-order valence-corrected chi connectivity index (χ0v) is 16.4. The van der Waals surface area contributed by atoms with Crippen LogP contribution in [-0.2, 0) is 21.3 Å². The van der Waals surface area contributed by atoms with Crippen LogP contribution in [0.15, 0.2) is 53.4 Å². The van der Waals surface area contributed by atoms with Crippen LogP contribution in [0.5, 0.6) is 0 Å². The number of anilines is 1. The standard InChI is InChI=1S/C20H24N2O4S/c1-16(23)17-7-9-19(10-8-17)27(24,25)21(2)15-18-5-3-4-6-20(18)22-11-13-26-14-12-22/h3-10H,11-15H2,1-2H3. The van der Waals surface area contributed by atoms with E-state index >= 15 is 0 Å². The van der Waals surface area contributed by atoms with Gasteiger partial charge in [-0.25, -0.2) is 8.42 Å². The lowest BCUT2D eigenvalue weighted by atomic mass is 10.1. The van der Waals surface area contributed by atoms with E-state index in [0.29, 0.717) is 18.8 Å². The monoisotopic (exact) mass is 388 g/mol. The maximum Gasteiger partial charge on any atom is 0.243 e. The number of hydrogen-bond donors (Lipinski definition) is 0. The summed E-state index contributed by atoms with van der Waals surface area (Å²) in [5.74, 6) is -0.0910. The molecule has 1 aliphatic heterocycles. The summed E-state index contributed by atoms with van der Waals surface area (Å²) in [5.41, 5.74) is 2.48. The molecule has 0 spiro atoms. The second-order valence-electron chi connectivity index (χ2n) is 6.57. The number of benzene rings is 2. The van der Waals surface area contributed by atoms with E-state index in [1.54, 1.807) is 19.2 Å². The number of carbonyl (C=O) groups excluding carboxylic acids is 1. The summed E-state index contributed by atoms with van der Waals surface area (Å²) in [4.78, 5) is 13.8. The van der Waals surface area contributed by atoms with Crippen molar-refractivity contribution in [3.05, 3.63) is 59.7 Å². The van der Waals surface area contributed by atoms with Gasteiger partial charge in [0.2, 0.25) is 10.0 Å². The number of hydrogen-bond acceptors (Lipinski definition) is 5. The van der Waals surface area contributed by atoms with Crippen LogP contribution in [0.1, 0.15) is 22.8 Å². The summed E-state index contributed by atoms with van der Waals surface area (Å²) < 4.78 is 32.6. The quantitative estimate of drug-likeness (QED) is 0.712. The number of morpholine rings is 1. The fourth-order valence-electron chi connectivity index (χ4n) is 3.12. The molecule has 144 valence electrons. The van der Waals surface area contributed by atoms with Crippen molar-refractivity contribution >= 4 is 21.5 Å². The molecular formula is C20H24N2O4S. The van der Waals surface area contributed by atoms with E-state index in [9.17, 15) is 13.2 Å². The first kappa shape index (κ1) is 19.5. The highest BCUT2D eigenvalue weighted by Crippen LogP contribution is 2.25. The van der Waals surface area contributed by atoms with Crippen LogP contribution in [0.2, 0.25) is 0 Å². The molecule has 0 unspecified atom stereocenters. The number of Topliss-reactive ketones (excluding diaryl/α,β-unsaturated/α-hetero) is 1. The Bertz CT molecular complexity index is 904. The number of ether oxygens (including phenoxy) is 1. The van der Waals surface area contributed by atoms with Gasteiger partial charge in [0.15, 0.2) is 5.78 Å². The lowest BCUT2D eigenvalue weighted by Gasteiger charge is -2.31. The molecule has 6 nitrogen and oxygen atoms in total. The molecule has 3 rings (SSSR count). The summed E-state index contributed by atoms with van der Waals surface area (Å²) in [7, 11) is -2.07. The van der Waals surface area contributed by atoms with E-state index in [-0.39, 0.29) is 17.2 Å². The van der Waals surface area contributed by atoms with Crippen molar-refractivity contribution in [2.24, 2.45) is 0 Å². The molecule has 1 aliphatic rings. The Balaban J connectivity index is 1.82.